The van der Waals surface area contributed by atoms with Gasteiger partial charge >= 0.3 is 0 Å². The van der Waals surface area contributed by atoms with E-state index in [-0.39, 0.29) is 16.7 Å². The van der Waals surface area contributed by atoms with Crippen LogP contribution in [0, 0.1) is 0 Å². The fourth-order valence-corrected chi connectivity index (χ4v) is 4.54. The van der Waals surface area contributed by atoms with E-state index in [1.807, 2.05) is 13.0 Å². The predicted octanol–water partition coefficient (Wildman–Crippen LogP) is 2.63. The number of hydrogen-bond acceptors (Lipinski definition) is 6. The zero-order valence-electron chi connectivity index (χ0n) is 15.4. The van der Waals surface area contributed by atoms with Crippen LogP contribution in [-0.2, 0) is 22.5 Å². The second-order valence-electron chi connectivity index (χ2n) is 5.98. The summed E-state index contributed by atoms with van der Waals surface area (Å²) >= 11 is 2.88. The molecule has 25 heavy (non-hydrogen) atoms. The van der Waals surface area contributed by atoms with E-state index in [0.717, 1.165) is 22.5 Å². The average molecular weight is 384 g/mol. The van der Waals surface area contributed by atoms with Crippen molar-refractivity contribution in [3.8, 4) is 0 Å². The zero-order chi connectivity index (χ0) is 18.6. The molecule has 0 spiro atoms. The highest BCUT2D eigenvalue weighted by Crippen LogP contribution is 2.27. The first kappa shape index (κ1) is 19.9. The Morgan fingerprint density at radius 3 is 2.80 bits per heavy atom. The third kappa shape index (κ3) is 4.62. The number of methoxy groups -OCH3 is 1. The van der Waals surface area contributed by atoms with Crippen molar-refractivity contribution in [3.63, 3.8) is 0 Å². The molecule has 2 heterocycles. The van der Waals surface area contributed by atoms with Crippen molar-refractivity contribution in [1.29, 1.82) is 0 Å². The largest absolute Gasteiger partial charge is 0.385 e. The molecule has 2 aromatic heterocycles. The molecule has 0 aliphatic carbocycles. The van der Waals surface area contributed by atoms with Crippen LogP contribution in [0.15, 0.2) is 16.0 Å². The molecular formula is C17H25N3O3S2. The van der Waals surface area contributed by atoms with Crippen LogP contribution in [0.5, 0.6) is 0 Å². The van der Waals surface area contributed by atoms with Crippen LogP contribution in [0.25, 0.3) is 10.2 Å². The first-order valence-electron chi connectivity index (χ1n) is 8.29. The summed E-state index contributed by atoms with van der Waals surface area (Å²) in [5.74, 6) is 0.00298. The molecule has 0 aliphatic rings. The van der Waals surface area contributed by atoms with Gasteiger partial charge in [0.25, 0.3) is 5.56 Å². The van der Waals surface area contributed by atoms with Crippen LogP contribution in [0.3, 0.4) is 0 Å². The Kier molecular flexibility index (Phi) is 7.04. The van der Waals surface area contributed by atoms with Crippen LogP contribution in [0.1, 0.15) is 25.1 Å². The minimum atomic E-state index is -0.307. The molecule has 0 aliphatic heterocycles. The minimum Gasteiger partial charge on any atom is -0.385 e. The number of amides is 1. The van der Waals surface area contributed by atoms with E-state index in [0.29, 0.717) is 23.7 Å². The number of carbonyl (C=O) groups excluding carboxylic acids is 1. The Morgan fingerprint density at radius 2 is 2.20 bits per heavy atom. The number of carbonyl (C=O) groups is 1. The van der Waals surface area contributed by atoms with Gasteiger partial charge in [-0.05, 0) is 25.8 Å². The summed E-state index contributed by atoms with van der Waals surface area (Å²) in [4.78, 5) is 33.3. The third-order valence-corrected chi connectivity index (χ3v) is 6.07. The third-order valence-electron chi connectivity index (χ3n) is 3.82. The monoisotopic (exact) mass is 383 g/mol. The van der Waals surface area contributed by atoms with E-state index in [9.17, 15) is 9.59 Å². The van der Waals surface area contributed by atoms with E-state index in [2.05, 4.69) is 6.92 Å². The maximum Gasteiger partial charge on any atom is 0.262 e. The molecular weight excluding hydrogens is 358 g/mol. The Bertz CT molecular complexity index is 798. The number of hydrogen-bond donors (Lipinski definition) is 0. The predicted molar refractivity (Wildman–Crippen MR) is 104 cm³/mol. The van der Waals surface area contributed by atoms with Crippen molar-refractivity contribution in [2.24, 2.45) is 0 Å². The van der Waals surface area contributed by atoms with Gasteiger partial charge in [-0.3, -0.25) is 14.2 Å². The Morgan fingerprint density at radius 1 is 1.48 bits per heavy atom. The normalized spacial score (nSPS) is 12.5. The van der Waals surface area contributed by atoms with Crippen molar-refractivity contribution in [2.45, 2.75) is 43.6 Å². The fourth-order valence-electron chi connectivity index (χ4n) is 2.45. The summed E-state index contributed by atoms with van der Waals surface area (Å²) in [7, 11) is 5.10. The van der Waals surface area contributed by atoms with Crippen LogP contribution >= 0.6 is 23.1 Å². The van der Waals surface area contributed by atoms with Crippen LogP contribution in [0.4, 0.5) is 0 Å². The minimum absolute atomic E-state index is 0.00298. The maximum absolute atomic E-state index is 12.9. The molecule has 0 fully saturated rings. The van der Waals surface area contributed by atoms with Crippen molar-refractivity contribution >= 4 is 39.2 Å². The molecule has 0 unspecified atom stereocenters. The van der Waals surface area contributed by atoms with Crippen molar-refractivity contribution in [2.75, 3.05) is 27.8 Å². The Labute approximate surface area is 156 Å². The van der Waals surface area contributed by atoms with Gasteiger partial charge in [-0.1, -0.05) is 18.7 Å². The molecule has 0 bridgehead atoms. The number of thiophene rings is 1. The lowest BCUT2D eigenvalue weighted by molar-refractivity contribution is -0.127. The Hall–Kier alpha value is -1.38. The number of aryl methyl sites for hydroxylation is 1. The first-order valence-corrected chi connectivity index (χ1v) is 9.98. The van der Waals surface area contributed by atoms with Crippen LogP contribution in [-0.4, -0.2) is 53.4 Å². The maximum atomic E-state index is 12.9. The summed E-state index contributed by atoms with van der Waals surface area (Å²) in [6.45, 7) is 5.01. The molecule has 0 radical (unpaired) electrons. The lowest BCUT2D eigenvalue weighted by Crippen LogP contribution is -2.31. The van der Waals surface area contributed by atoms with Gasteiger partial charge in [0.2, 0.25) is 5.91 Å². The fraction of sp³-hybridized carbons (Fsp3) is 0.588. The van der Waals surface area contributed by atoms with Gasteiger partial charge in [-0.2, -0.15) is 0 Å². The second-order valence-corrected chi connectivity index (χ2v) is 8.40. The SMILES string of the molecule is CCc1cc2c(=O)n(CCCOC)c(S[C@H](C)C(=O)N(C)C)nc2s1. The summed E-state index contributed by atoms with van der Waals surface area (Å²) in [5, 5.41) is 0.953. The van der Waals surface area contributed by atoms with E-state index in [1.165, 1.54) is 11.8 Å². The smallest absolute Gasteiger partial charge is 0.262 e. The van der Waals surface area contributed by atoms with E-state index < -0.39 is 0 Å². The molecule has 0 saturated heterocycles. The Balaban J connectivity index is 2.45. The molecule has 2 aromatic rings. The van der Waals surface area contributed by atoms with E-state index in [1.54, 1.807) is 42.0 Å². The van der Waals surface area contributed by atoms with Crippen molar-refractivity contribution in [3.05, 3.63) is 21.3 Å². The number of fused-ring (bicyclic) bond motifs is 1. The molecule has 1 amide bonds. The summed E-state index contributed by atoms with van der Waals surface area (Å²) in [6.07, 6.45) is 1.60. The van der Waals surface area contributed by atoms with Crippen LogP contribution in [0.2, 0.25) is 0 Å². The molecule has 1 atom stereocenters. The number of nitrogens with zero attached hydrogens (tertiary/aromatic N) is 3. The van der Waals surface area contributed by atoms with Gasteiger partial charge in [0.1, 0.15) is 4.83 Å². The summed E-state index contributed by atoms with van der Waals surface area (Å²) in [6, 6.07) is 1.94. The van der Waals surface area contributed by atoms with Crippen LogP contribution < -0.4 is 5.56 Å². The van der Waals surface area contributed by atoms with Crippen molar-refractivity contribution < 1.29 is 9.53 Å². The standard InChI is InChI=1S/C17H25N3O3S2/c1-6-12-10-13-14(25-12)18-17(24-11(2)15(21)19(3)4)20(16(13)22)8-7-9-23-5/h10-11H,6-9H2,1-5H3/t11-/m1/s1. The summed E-state index contributed by atoms with van der Waals surface area (Å²) in [5.41, 5.74) is -0.0379. The van der Waals surface area contributed by atoms with Gasteiger partial charge in [0.15, 0.2) is 5.16 Å². The molecule has 2 rings (SSSR count). The summed E-state index contributed by atoms with van der Waals surface area (Å²) < 4.78 is 6.78. The number of rotatable bonds is 8. The molecule has 6 nitrogen and oxygen atoms in total. The average Bonchev–Trinajstić information content (AvgIpc) is 3.00. The highest BCUT2D eigenvalue weighted by atomic mass is 32.2. The van der Waals surface area contributed by atoms with E-state index >= 15 is 0 Å². The number of thioether (sulfide) groups is 1. The quantitative estimate of drug-likeness (QED) is 0.398. The van der Waals surface area contributed by atoms with E-state index in [4.69, 9.17) is 9.72 Å². The number of ether oxygens (including phenoxy) is 1. The zero-order valence-corrected chi connectivity index (χ0v) is 17.0. The number of aromatic nitrogens is 2. The molecule has 0 N–H and O–H groups in total. The van der Waals surface area contributed by atoms with Gasteiger partial charge in [-0.15, -0.1) is 11.3 Å². The topological polar surface area (TPSA) is 64.4 Å². The molecule has 138 valence electrons. The highest BCUT2D eigenvalue weighted by molar-refractivity contribution is 8.00. The lowest BCUT2D eigenvalue weighted by atomic mass is 10.3. The first-order chi connectivity index (χ1) is 11.9. The van der Waals surface area contributed by atoms with Gasteiger partial charge in [-0.25, -0.2) is 4.98 Å². The van der Waals surface area contributed by atoms with Crippen molar-refractivity contribution in [1.82, 2.24) is 14.5 Å². The second kappa shape index (κ2) is 8.82. The lowest BCUT2D eigenvalue weighted by Gasteiger charge is -2.18. The highest BCUT2D eigenvalue weighted by Gasteiger charge is 2.21. The molecule has 0 saturated carbocycles. The van der Waals surface area contributed by atoms with Gasteiger partial charge in [0, 0.05) is 39.2 Å². The van der Waals surface area contributed by atoms with Gasteiger partial charge in [0.05, 0.1) is 10.6 Å². The molecule has 8 heteroatoms. The van der Waals surface area contributed by atoms with Gasteiger partial charge < -0.3 is 9.64 Å². The molecule has 0 aromatic carbocycles.